The van der Waals surface area contributed by atoms with Crippen LogP contribution >= 0.6 is 0 Å². The van der Waals surface area contributed by atoms with Crippen molar-refractivity contribution < 1.29 is 23.6 Å². The molecule has 164 valence electrons. The van der Waals surface area contributed by atoms with Gasteiger partial charge in [0.05, 0.1) is 25.2 Å². The van der Waals surface area contributed by atoms with Crippen molar-refractivity contribution in [2.75, 3.05) is 33.0 Å². The van der Waals surface area contributed by atoms with Gasteiger partial charge in [0.2, 0.25) is 0 Å². The molecule has 0 aliphatic rings. The Morgan fingerprint density at radius 2 is 1.93 bits per heavy atom. The first-order valence-electron chi connectivity index (χ1n) is 10.2. The third-order valence-corrected chi connectivity index (χ3v) is 4.00. The molecule has 0 bridgehead atoms. The van der Waals surface area contributed by atoms with Crippen molar-refractivity contribution >= 4 is 13.3 Å². The van der Waals surface area contributed by atoms with Gasteiger partial charge in [0.1, 0.15) is 0 Å². The second-order valence-corrected chi connectivity index (χ2v) is 7.02. The zero-order chi connectivity index (χ0) is 22.1. The molecule has 8 nitrogen and oxygen atoms in total. The number of rotatable bonds is 16. The second kappa shape index (κ2) is 17.1. The number of hydrogen-bond acceptors (Lipinski definition) is 7. The zero-order valence-corrected chi connectivity index (χ0v) is 18.5. The molecule has 0 saturated heterocycles. The van der Waals surface area contributed by atoms with Crippen molar-refractivity contribution in [3.63, 3.8) is 0 Å². The molecule has 1 atom stereocenters. The predicted octanol–water partition coefficient (Wildman–Crippen LogP) is 2.58. The maximum Gasteiger partial charge on any atom is 0.558 e. The summed E-state index contributed by atoms with van der Waals surface area (Å²) >= 11 is 0. The molecule has 29 heavy (non-hydrogen) atoms. The van der Waals surface area contributed by atoms with E-state index >= 15 is 0 Å². The third-order valence-electron chi connectivity index (χ3n) is 4.00. The van der Waals surface area contributed by atoms with Gasteiger partial charge in [0, 0.05) is 19.8 Å². The highest BCUT2D eigenvalue weighted by Gasteiger charge is 2.34. The second-order valence-electron chi connectivity index (χ2n) is 7.02. The molecule has 0 rings (SSSR count). The van der Waals surface area contributed by atoms with E-state index in [0.29, 0.717) is 39.2 Å². The molecule has 0 saturated carbocycles. The highest BCUT2D eigenvalue weighted by atomic mass is 16.6. The summed E-state index contributed by atoms with van der Waals surface area (Å²) in [7, 11) is -0.538. The van der Waals surface area contributed by atoms with Gasteiger partial charge in [-0.2, -0.15) is 5.26 Å². The summed E-state index contributed by atoms with van der Waals surface area (Å²) in [6.07, 6.45) is 6.07. The lowest BCUT2D eigenvalue weighted by Crippen LogP contribution is -2.53. The average Bonchev–Trinajstić information content (AvgIpc) is 2.67. The molecule has 0 heterocycles. The Labute approximate surface area is 176 Å². The molecule has 0 spiro atoms. The minimum Gasteiger partial charge on any atom is -0.436 e. The van der Waals surface area contributed by atoms with E-state index < -0.39 is 13.3 Å². The molecule has 0 aromatic heterocycles. The lowest BCUT2D eigenvalue weighted by molar-refractivity contribution is 0.0124. The van der Waals surface area contributed by atoms with Gasteiger partial charge in [0.15, 0.2) is 6.61 Å². The number of nitrogens with zero attached hydrogens (tertiary/aromatic N) is 2. The highest BCUT2D eigenvalue weighted by Crippen LogP contribution is 2.14. The first kappa shape index (κ1) is 27.2. The minimum atomic E-state index is -0.538. The first-order valence-corrected chi connectivity index (χ1v) is 10.2. The van der Waals surface area contributed by atoms with Gasteiger partial charge in [-0.25, -0.2) is 4.79 Å². The number of nitriles is 1. The molecule has 0 radical (unpaired) electrons. The van der Waals surface area contributed by atoms with Crippen LogP contribution in [0, 0.1) is 23.7 Å². The molecule has 0 aromatic rings. The normalized spacial score (nSPS) is 11.9. The van der Waals surface area contributed by atoms with E-state index in [1.165, 1.54) is 0 Å². The van der Waals surface area contributed by atoms with Crippen LogP contribution in [0.2, 0.25) is 0 Å². The van der Waals surface area contributed by atoms with Crippen LogP contribution in [0.25, 0.3) is 0 Å². The quantitative estimate of drug-likeness (QED) is 0.238. The van der Waals surface area contributed by atoms with E-state index in [1.807, 2.05) is 6.92 Å². The fourth-order valence-corrected chi connectivity index (χ4v) is 2.64. The van der Waals surface area contributed by atoms with Crippen molar-refractivity contribution in [2.24, 2.45) is 0 Å². The summed E-state index contributed by atoms with van der Waals surface area (Å²) in [5.74, 6) is 2.23. The summed E-state index contributed by atoms with van der Waals surface area (Å²) < 4.78 is 22.4. The van der Waals surface area contributed by atoms with Crippen LogP contribution in [0.15, 0.2) is 0 Å². The van der Waals surface area contributed by atoms with Gasteiger partial charge in [0.25, 0.3) is 0 Å². The Balaban J connectivity index is 4.44. The first-order chi connectivity index (χ1) is 13.9. The molecule has 0 aliphatic heterocycles. The van der Waals surface area contributed by atoms with Crippen molar-refractivity contribution in [1.82, 2.24) is 10.1 Å². The van der Waals surface area contributed by atoms with E-state index in [-0.39, 0.29) is 24.8 Å². The Morgan fingerprint density at radius 1 is 1.24 bits per heavy atom. The van der Waals surface area contributed by atoms with Crippen LogP contribution in [0.3, 0.4) is 0 Å². The molecule has 1 amide bonds. The van der Waals surface area contributed by atoms with Gasteiger partial charge >= 0.3 is 13.3 Å². The largest absolute Gasteiger partial charge is 0.558 e. The topological polar surface area (TPSA) is 93.0 Å². The Hall–Kier alpha value is -1.78. The van der Waals surface area contributed by atoms with Gasteiger partial charge in [-0.05, 0) is 24.9 Å². The van der Waals surface area contributed by atoms with E-state index in [9.17, 15) is 4.79 Å². The van der Waals surface area contributed by atoms with Crippen molar-refractivity contribution in [3.8, 4) is 18.4 Å². The number of terminal acetylenes is 1. The number of hydrogen-bond donors (Lipinski definition) is 1. The fraction of sp³-hybridized carbons (Fsp3) is 0.800. The van der Waals surface area contributed by atoms with Gasteiger partial charge in [-0.1, -0.05) is 40.5 Å². The summed E-state index contributed by atoms with van der Waals surface area (Å²) in [5, 5.41) is 11.4. The van der Waals surface area contributed by atoms with Crippen molar-refractivity contribution in [3.05, 3.63) is 0 Å². The number of alkyl carbamates (subject to hydrolysis) is 1. The van der Waals surface area contributed by atoms with Crippen LogP contribution in [0.4, 0.5) is 4.79 Å². The van der Waals surface area contributed by atoms with Crippen LogP contribution in [-0.2, 0) is 18.8 Å². The number of carbonyl (C=O) groups is 1. The number of carbonyl (C=O) groups excluding carboxylic acids is 1. The molecule has 0 fully saturated rings. The monoisotopic (exact) mass is 409 g/mol. The smallest absolute Gasteiger partial charge is 0.436 e. The summed E-state index contributed by atoms with van der Waals surface area (Å²) in [4.78, 5) is 13.4. The highest BCUT2D eigenvalue weighted by molar-refractivity contribution is 6.41. The molecule has 1 N–H and O–H groups in total. The molecule has 1 unspecified atom stereocenters. The zero-order valence-electron chi connectivity index (χ0n) is 18.5. The maximum absolute atomic E-state index is 11.3. The average molecular weight is 409 g/mol. The van der Waals surface area contributed by atoms with Crippen LogP contribution < -0.4 is 5.32 Å². The Bertz CT molecular complexity index is 511. The van der Waals surface area contributed by atoms with Crippen molar-refractivity contribution in [1.29, 1.82) is 5.26 Å². The molecular formula is C20H36BN3O5. The molecular weight excluding hydrogens is 373 g/mol. The van der Waals surface area contributed by atoms with Crippen molar-refractivity contribution in [2.45, 2.75) is 72.1 Å². The Kier molecular flexibility index (Phi) is 16.1. The predicted molar refractivity (Wildman–Crippen MR) is 113 cm³/mol. The lowest BCUT2D eigenvalue weighted by Gasteiger charge is -2.35. The number of ether oxygens (including phenoxy) is 2. The lowest BCUT2D eigenvalue weighted by atomic mass is 9.96. The van der Waals surface area contributed by atoms with Crippen LogP contribution in [0.5, 0.6) is 0 Å². The Morgan fingerprint density at radius 3 is 2.48 bits per heavy atom. The van der Waals surface area contributed by atoms with Gasteiger partial charge in [-0.15, -0.1) is 6.42 Å². The number of nitrogens with one attached hydrogen (secondary N) is 1. The van der Waals surface area contributed by atoms with E-state index in [1.54, 1.807) is 0 Å². The van der Waals surface area contributed by atoms with Crippen LogP contribution in [-0.4, -0.2) is 69.3 Å². The maximum atomic E-state index is 11.3. The van der Waals surface area contributed by atoms with E-state index in [4.69, 9.17) is 30.5 Å². The van der Waals surface area contributed by atoms with Crippen LogP contribution in [0.1, 0.15) is 53.9 Å². The van der Waals surface area contributed by atoms with Gasteiger partial charge in [-0.3, -0.25) is 4.81 Å². The van der Waals surface area contributed by atoms with Gasteiger partial charge < -0.3 is 24.1 Å². The fourth-order valence-electron chi connectivity index (χ4n) is 2.64. The summed E-state index contributed by atoms with van der Waals surface area (Å²) in [5.41, 5.74) is 0. The van der Waals surface area contributed by atoms with E-state index in [0.717, 1.165) is 6.42 Å². The molecule has 9 heteroatoms. The summed E-state index contributed by atoms with van der Waals surface area (Å²) in [6.45, 7) is 12.0. The minimum absolute atomic E-state index is 0.0424. The SMILES string of the molecule is C#CCOC(=O)NCCCOCC(CC)OB(OCCC#N)N(C(C)C)C(C)C. The summed E-state index contributed by atoms with van der Waals surface area (Å²) in [6, 6.07) is 2.53. The number of amides is 1. The van der Waals surface area contributed by atoms with E-state index in [2.05, 4.69) is 49.8 Å². The molecule has 0 aliphatic carbocycles. The standard InChI is InChI=1S/C20H36BN3O5/c1-7-13-27-20(25)23-12-10-14-26-16-19(8-2)29-21(28-15-9-11-22)24(17(3)4)18(5)6/h1,17-19H,8-10,12-16H2,2-6H3,(H,23,25). The molecule has 0 aromatic carbocycles. The third kappa shape index (κ3) is 13.1.